The lowest BCUT2D eigenvalue weighted by atomic mass is 9.89. The molecule has 12 atom stereocenters. The van der Waals surface area contributed by atoms with Gasteiger partial charge in [-0.05, 0) is 172 Å². The first-order valence-electron chi connectivity index (χ1n) is 49.2. The van der Waals surface area contributed by atoms with E-state index in [1.54, 1.807) is 64.6 Å². The zero-order valence-corrected chi connectivity index (χ0v) is 82.2. The van der Waals surface area contributed by atoms with E-state index >= 15 is 0 Å². The average Bonchev–Trinajstić information content (AvgIpc) is 1.53. The van der Waals surface area contributed by atoms with Crippen molar-refractivity contribution >= 4 is 137 Å². The molecule has 0 saturated heterocycles. The molecule has 18 N–H and O–H groups in total. The van der Waals surface area contributed by atoms with Crippen molar-refractivity contribution in [1.82, 2.24) is 50.2 Å². The van der Waals surface area contributed by atoms with E-state index in [1.807, 2.05) is 82.2 Å². The Labute approximate surface area is 828 Å². The first kappa shape index (κ1) is 104. The number of imide groups is 2. The minimum absolute atomic E-state index is 0.000693. The van der Waals surface area contributed by atoms with Crippen LogP contribution in [0.2, 0.25) is 0 Å². The van der Waals surface area contributed by atoms with Crippen LogP contribution in [0.1, 0.15) is 214 Å². The fourth-order valence-corrected chi connectivity index (χ4v) is 21.7. The van der Waals surface area contributed by atoms with Crippen LogP contribution < -0.4 is 73.4 Å². The van der Waals surface area contributed by atoms with Gasteiger partial charge >= 0.3 is 32.7 Å². The van der Waals surface area contributed by atoms with E-state index in [2.05, 4.69) is 75.9 Å². The third kappa shape index (κ3) is 25.9. The highest BCUT2D eigenvalue weighted by atomic mass is 32.2. The Bertz CT molecular complexity index is 6440. The van der Waals surface area contributed by atoms with Crippen LogP contribution in [-0.2, 0) is 103 Å². The number of unbranched alkanes of at least 4 members (excludes halogenated alkanes) is 4. The SMILES string of the molecule is CC(C)[C@@H](NC(=O)CCCCCN1C(=O)C=C(C2C3=C2C(=O)N(CCCCCC(=O)N[C@@H](C(=O)C[C@H](CCCNC(N)=O)C(=O)Nc2ccc(C[n+]4cnc(N[C@H]5CCc6ccccc65)c5ccn([C@@H]6C[C@@H](COS(N)(=O)=O)[C@@H](O)C6)c54)cc2)C(C)C)C3=O)C1=O)C(=O)C[C@H](CCCNC(N)=O)C(=O)Nc1ccc(C[n+]2cnc(N[C@H]3CCc4ccccc43)c3ccn([C@@H]4C[C@@H](COS(N)(=O)=O)[C@@H](O)C4)c32)cc1. The molecule has 12 amide bonds. The van der Waals surface area contributed by atoms with Crippen molar-refractivity contribution in [3.05, 3.63) is 190 Å². The molecule has 40 nitrogen and oxygen atoms in total. The predicted octanol–water partition coefficient (Wildman–Crippen LogP) is 6.94. The van der Waals surface area contributed by atoms with Crippen molar-refractivity contribution < 1.29 is 102 Å². The van der Waals surface area contributed by atoms with E-state index in [4.69, 9.17) is 40.1 Å². The maximum Gasteiger partial charge on any atom is 0.333 e. The van der Waals surface area contributed by atoms with Gasteiger partial charge in [0.05, 0.1) is 93.1 Å². The number of ketones is 2. The number of hydrogen-bond donors (Lipinski definition) is 14. The summed E-state index contributed by atoms with van der Waals surface area (Å²) in [6.07, 6.45) is 14.4. The Kier molecular flexibility index (Phi) is 33.6. The van der Waals surface area contributed by atoms with Crippen LogP contribution in [0.5, 0.6) is 0 Å². The fourth-order valence-electron chi connectivity index (χ4n) is 21.0. The van der Waals surface area contributed by atoms with Gasteiger partial charge in [-0.25, -0.2) is 29.0 Å². The summed E-state index contributed by atoms with van der Waals surface area (Å²) in [5, 5.41) is 58.3. The number of aromatic nitrogens is 6. The molecule has 6 heterocycles. The topological polar surface area (TPSA) is 582 Å². The fraction of sp³-hybridized carbons (Fsp3) is 0.485. The van der Waals surface area contributed by atoms with E-state index in [1.165, 1.54) is 22.3 Å². The number of piperidine rings is 1. The Balaban J connectivity index is 0.483. The van der Waals surface area contributed by atoms with E-state index in [0.29, 0.717) is 113 Å². The van der Waals surface area contributed by atoms with Crippen LogP contribution in [0, 0.1) is 41.4 Å². The average molecular weight is 2010 g/mol. The van der Waals surface area contributed by atoms with Crippen molar-refractivity contribution in [2.75, 3.05) is 60.7 Å². The molecule has 42 heteroatoms. The van der Waals surface area contributed by atoms with Gasteiger partial charge in [-0.15, -0.1) is 0 Å². The Morgan fingerprint density at radius 2 is 0.923 bits per heavy atom. The summed E-state index contributed by atoms with van der Waals surface area (Å²) in [4.78, 5) is 174. The highest BCUT2D eigenvalue weighted by molar-refractivity contribution is 7.84. The number of rotatable bonds is 51. The molecule has 2 aliphatic heterocycles. The molecule has 4 aromatic heterocycles. The van der Waals surface area contributed by atoms with Crippen LogP contribution >= 0.6 is 0 Å². The van der Waals surface area contributed by atoms with Gasteiger partial charge in [0, 0.05) is 123 Å². The summed E-state index contributed by atoms with van der Waals surface area (Å²) in [6.45, 7) is 7.51. The summed E-state index contributed by atoms with van der Waals surface area (Å²) in [5.74, 6) is -8.07. The highest BCUT2D eigenvalue weighted by Gasteiger charge is 2.59. The number of benzene rings is 4. The molecule has 0 unspecified atom stereocenters. The second kappa shape index (κ2) is 46.1. The third-order valence-corrected chi connectivity index (χ3v) is 29.4. The number of carbonyl (C=O) groups excluding carboxylic acids is 12. The van der Waals surface area contributed by atoms with Gasteiger partial charge < -0.3 is 64.2 Å². The molecule has 0 bridgehead atoms. The molecular weight excluding hydrogens is 1880 g/mol. The van der Waals surface area contributed by atoms with Gasteiger partial charge in [-0.1, -0.05) is 123 Å². The molecule has 0 radical (unpaired) electrons. The largest absolute Gasteiger partial charge is 0.393 e. The lowest BCUT2D eigenvalue weighted by Gasteiger charge is -2.24. The number of anilines is 4. The third-order valence-electron chi connectivity index (χ3n) is 28.5. The highest BCUT2D eigenvalue weighted by Crippen LogP contribution is 2.53. The number of amides is 12. The molecule has 4 aromatic carbocycles. The zero-order chi connectivity index (χ0) is 102. The molecule has 2 saturated carbocycles. The summed E-state index contributed by atoms with van der Waals surface area (Å²) in [6, 6.07) is 31.1. The number of nitrogens with one attached hydrogen (secondary N) is 8. The van der Waals surface area contributed by atoms with Crippen LogP contribution in [0.25, 0.3) is 22.1 Å². The molecule has 15 rings (SSSR count). The number of fused-ring (bicyclic) bond motifs is 4. The first-order valence-corrected chi connectivity index (χ1v) is 52.2. The molecule has 762 valence electrons. The molecule has 7 aliphatic rings. The molecule has 0 spiro atoms. The second-order valence-electron chi connectivity index (χ2n) is 39.3. The summed E-state index contributed by atoms with van der Waals surface area (Å²) in [7, 11) is -8.47. The van der Waals surface area contributed by atoms with Gasteiger partial charge in [0.25, 0.3) is 23.6 Å². The maximum atomic E-state index is 14.3. The first-order chi connectivity index (χ1) is 68.4. The number of likely N-dealkylation sites (tertiary alicyclic amines) is 1. The second-order valence-corrected chi connectivity index (χ2v) is 41.7. The Morgan fingerprint density at radius 1 is 0.510 bits per heavy atom. The Hall–Kier alpha value is -13.1. The van der Waals surface area contributed by atoms with E-state index < -0.39 is 134 Å². The lowest BCUT2D eigenvalue weighted by molar-refractivity contribution is -0.668. The Morgan fingerprint density at radius 3 is 1.33 bits per heavy atom. The number of carbonyl (C=O) groups is 12. The van der Waals surface area contributed by atoms with Gasteiger partial charge in [0.1, 0.15) is 10.8 Å². The van der Waals surface area contributed by atoms with Crippen LogP contribution in [0.4, 0.5) is 32.6 Å². The number of primary amides is 2. The molecule has 2 fully saturated rings. The number of aliphatic hydroxyl groups excluding tert-OH is 2. The smallest absolute Gasteiger partial charge is 0.333 e. The molecular formula is C101H128N20O20S2+2. The van der Waals surface area contributed by atoms with Crippen molar-refractivity contribution in [2.24, 2.45) is 63.2 Å². The summed E-state index contributed by atoms with van der Waals surface area (Å²) < 4.78 is 64.9. The quantitative estimate of drug-likeness (QED) is 0.0104. The normalized spacial score (nSPS) is 20.2. The number of Topliss-reactive ketones (excluding diaryl/α,β-unsaturated/α-hetero) is 2. The van der Waals surface area contributed by atoms with Crippen LogP contribution in [-0.4, -0.2) is 191 Å². The van der Waals surface area contributed by atoms with Crippen molar-refractivity contribution in [3.8, 4) is 0 Å². The minimum atomic E-state index is -4.24. The molecule has 143 heavy (non-hydrogen) atoms. The van der Waals surface area contributed by atoms with Crippen LogP contribution in [0.3, 0.4) is 0 Å². The molecule has 8 aromatic rings. The summed E-state index contributed by atoms with van der Waals surface area (Å²) >= 11 is 0. The standard InChI is InChI=1S/C101H126N20O20S2/c1-58(2)89(81(124)47-64(19-15-39-106-100(102)134)93(129)110-68-31-25-60(26-32-68)52-116-56-108-91(112-77-35-29-62-17-9-11-21-72(62)77)74-37-43-118(95(74)116)70-45-66(79(122)49-70)54-140-142(104,136)137)114-83(126)23-7-5-13-41-120-85(128)51-76(97(120)131)86-87-88(86)99(133)121(98(87)132)42-14-6-8-24-84(127)115-90(59(3)4)82(125)48-65(20-16-40-107-101(103)135)94(130)111-69-33-27-61(28-34-69)53-117-57-109-92(113-78-36-30-63-18-10-12-22-73(63)78)75-38-44-119(96(75)117)71-46-67(80(123)50-71)55-141-143(105,138)139/h9-12,17-18,21-22,25-28,31-34,37-38,43-44,51,56-59,64-67,70-71,77-80,86,89-90,122-123H,5-8,13-16,19-20,23-24,29-30,35-36,39-42,45-50,52-55H2,1-4H3,(H14,102,103,104,105,106,107,110,111,114,115,126,127,129,130,134,135,136,137,138,139)/p+2/t64-,65-,66-,67-,70+,71+,77-,78-,79-,80-,89+,90+/m0/s1. The minimum Gasteiger partial charge on any atom is -0.393 e. The van der Waals surface area contributed by atoms with Gasteiger partial charge in [0.2, 0.25) is 59.2 Å². The maximum absolute atomic E-state index is 14.3. The van der Waals surface area contributed by atoms with Gasteiger partial charge in [-0.3, -0.25) is 75.2 Å². The number of urea groups is 2. The van der Waals surface area contributed by atoms with Gasteiger partial charge in [-0.2, -0.15) is 16.8 Å². The number of hydrogen-bond acceptors (Lipinski definition) is 24. The van der Waals surface area contributed by atoms with E-state index in [9.17, 15) is 84.6 Å². The molecule has 5 aliphatic carbocycles. The monoisotopic (exact) mass is 2000 g/mol. The van der Waals surface area contributed by atoms with E-state index in [-0.39, 0.29) is 142 Å². The van der Waals surface area contributed by atoms with Crippen molar-refractivity contribution in [3.63, 3.8) is 0 Å². The number of aryl methyl sites for hydroxylation is 2. The van der Waals surface area contributed by atoms with Crippen molar-refractivity contribution in [2.45, 2.75) is 231 Å². The van der Waals surface area contributed by atoms with Crippen LogP contribution in [0.15, 0.2) is 157 Å². The summed E-state index contributed by atoms with van der Waals surface area (Å²) in [5.41, 5.74) is 20.1. The number of aliphatic hydroxyl groups is 2. The predicted molar refractivity (Wildman–Crippen MR) is 526 cm³/mol. The van der Waals surface area contributed by atoms with E-state index in [0.717, 1.165) is 74.8 Å². The van der Waals surface area contributed by atoms with Crippen molar-refractivity contribution in [1.29, 1.82) is 0 Å². The number of nitrogens with zero attached hydrogens (tertiary/aromatic N) is 8. The van der Waals surface area contributed by atoms with Gasteiger partial charge in [0.15, 0.2) is 11.6 Å². The lowest BCUT2D eigenvalue weighted by Crippen LogP contribution is -2.45. The zero-order valence-electron chi connectivity index (χ0n) is 80.6. The number of nitrogens with two attached hydrogens (primary N) is 4.